The van der Waals surface area contributed by atoms with E-state index in [0.717, 1.165) is 25.8 Å². The van der Waals surface area contributed by atoms with Crippen molar-refractivity contribution in [2.45, 2.75) is 44.7 Å². The summed E-state index contributed by atoms with van der Waals surface area (Å²) >= 11 is 6.30. The number of fused-ring (bicyclic) bond motifs is 1. The molecule has 0 N–H and O–H groups in total. The maximum absolute atomic E-state index is 6.30. The van der Waals surface area contributed by atoms with Crippen LogP contribution in [0, 0.1) is 11.3 Å². The van der Waals surface area contributed by atoms with Crippen molar-refractivity contribution >= 4 is 17.8 Å². The molecule has 0 aromatic rings. The Hall–Kier alpha value is -1.28. The molecular formula is C19H23ClN2. The zero-order valence-corrected chi connectivity index (χ0v) is 14.1. The van der Waals surface area contributed by atoms with Gasteiger partial charge < -0.3 is 4.90 Å². The lowest BCUT2D eigenvalue weighted by atomic mass is 9.66. The lowest BCUT2D eigenvalue weighted by Gasteiger charge is -2.46. The van der Waals surface area contributed by atoms with Crippen molar-refractivity contribution in [2.75, 3.05) is 6.54 Å². The lowest BCUT2D eigenvalue weighted by Crippen LogP contribution is -2.46. The molecule has 0 fully saturated rings. The van der Waals surface area contributed by atoms with Crippen LogP contribution in [0.3, 0.4) is 0 Å². The van der Waals surface area contributed by atoms with Crippen LogP contribution in [-0.4, -0.2) is 29.2 Å². The van der Waals surface area contributed by atoms with Gasteiger partial charge in [0.2, 0.25) is 0 Å². The molecule has 0 amide bonds. The van der Waals surface area contributed by atoms with Gasteiger partial charge in [-0.25, -0.2) is 0 Å². The van der Waals surface area contributed by atoms with Crippen LogP contribution in [0.5, 0.6) is 0 Å². The van der Waals surface area contributed by atoms with E-state index in [1.54, 1.807) is 16.8 Å². The van der Waals surface area contributed by atoms with Crippen LogP contribution >= 0.6 is 11.6 Å². The van der Waals surface area contributed by atoms with Crippen LogP contribution in [-0.2, 0) is 0 Å². The van der Waals surface area contributed by atoms with Crippen molar-refractivity contribution in [1.82, 2.24) is 4.90 Å². The number of rotatable bonds is 2. The first-order valence-electron chi connectivity index (χ1n) is 8.26. The Bertz CT molecular complexity index is 654. The number of nitrogens with zero attached hydrogens (tertiary/aromatic N) is 2. The predicted octanol–water partition coefficient (Wildman–Crippen LogP) is 4.45. The third-order valence-corrected chi connectivity index (χ3v) is 6.43. The van der Waals surface area contributed by atoms with Gasteiger partial charge in [-0.05, 0) is 42.4 Å². The molecule has 5 bridgehead atoms. The summed E-state index contributed by atoms with van der Waals surface area (Å²) in [6.45, 7) is 9.66. The molecule has 0 radical (unpaired) electrons. The van der Waals surface area contributed by atoms with E-state index in [4.69, 9.17) is 11.6 Å². The molecule has 3 heteroatoms. The van der Waals surface area contributed by atoms with Gasteiger partial charge in [-0.1, -0.05) is 43.2 Å². The van der Waals surface area contributed by atoms with Gasteiger partial charge in [0.1, 0.15) is 5.50 Å². The van der Waals surface area contributed by atoms with E-state index < -0.39 is 0 Å². The monoisotopic (exact) mass is 314 g/mol. The number of alkyl halides is 1. The van der Waals surface area contributed by atoms with Crippen LogP contribution in [0.2, 0.25) is 0 Å². The van der Waals surface area contributed by atoms with Crippen molar-refractivity contribution in [3.8, 4) is 0 Å². The molecule has 2 aliphatic carbocycles. The zero-order chi connectivity index (χ0) is 15.5. The highest BCUT2D eigenvalue weighted by Crippen LogP contribution is 2.56. The average Bonchev–Trinajstić information content (AvgIpc) is 2.84. The second-order valence-electron chi connectivity index (χ2n) is 7.11. The van der Waals surface area contributed by atoms with E-state index in [1.807, 2.05) is 12.2 Å². The van der Waals surface area contributed by atoms with E-state index in [2.05, 4.69) is 42.6 Å². The maximum atomic E-state index is 6.30. The Morgan fingerprint density at radius 2 is 2.32 bits per heavy atom. The summed E-state index contributed by atoms with van der Waals surface area (Å²) in [5, 5.41) is 0. The summed E-state index contributed by atoms with van der Waals surface area (Å²) < 4.78 is 0. The van der Waals surface area contributed by atoms with Crippen LogP contribution in [0.25, 0.3) is 0 Å². The highest BCUT2D eigenvalue weighted by molar-refractivity contribution is 6.22. The van der Waals surface area contributed by atoms with Gasteiger partial charge >= 0.3 is 0 Å². The number of halogens is 1. The average molecular weight is 315 g/mol. The van der Waals surface area contributed by atoms with E-state index in [0.29, 0.717) is 12.0 Å². The van der Waals surface area contributed by atoms with Gasteiger partial charge in [0.25, 0.3) is 0 Å². The molecule has 2 aliphatic heterocycles. The third kappa shape index (κ3) is 1.76. The van der Waals surface area contributed by atoms with Gasteiger partial charge in [0.05, 0.1) is 0 Å². The second kappa shape index (κ2) is 4.86. The molecule has 4 rings (SSSR count). The summed E-state index contributed by atoms with van der Waals surface area (Å²) in [6.07, 6.45) is 11.9. The minimum Gasteiger partial charge on any atom is -0.367 e. The first-order chi connectivity index (χ1) is 10.6. The lowest BCUT2D eigenvalue weighted by molar-refractivity contribution is 0.162. The predicted molar refractivity (Wildman–Crippen MR) is 93.1 cm³/mol. The van der Waals surface area contributed by atoms with Crippen molar-refractivity contribution in [3.05, 3.63) is 47.2 Å². The topological polar surface area (TPSA) is 15.6 Å². The largest absolute Gasteiger partial charge is 0.367 e. The van der Waals surface area contributed by atoms with Crippen molar-refractivity contribution in [2.24, 2.45) is 16.3 Å². The molecule has 4 atom stereocenters. The molecule has 4 aliphatic rings. The van der Waals surface area contributed by atoms with E-state index in [-0.39, 0.29) is 10.9 Å². The fourth-order valence-corrected chi connectivity index (χ4v) is 4.97. The Morgan fingerprint density at radius 3 is 3.09 bits per heavy atom. The number of likely N-dealkylation sites (tertiary alicyclic amines) is 1. The van der Waals surface area contributed by atoms with E-state index >= 15 is 0 Å². The van der Waals surface area contributed by atoms with Crippen molar-refractivity contribution < 1.29 is 0 Å². The summed E-state index contributed by atoms with van der Waals surface area (Å²) in [7, 11) is 0. The Kier molecular flexibility index (Phi) is 3.16. The van der Waals surface area contributed by atoms with Crippen LogP contribution in [0.1, 0.15) is 33.1 Å². The fraction of sp³-hybridized carbons (Fsp3) is 0.526. The molecule has 2 nitrogen and oxygen atoms in total. The van der Waals surface area contributed by atoms with Gasteiger partial charge in [-0.2, -0.15) is 0 Å². The molecule has 116 valence electrons. The van der Waals surface area contributed by atoms with Gasteiger partial charge in [0, 0.05) is 29.9 Å². The van der Waals surface area contributed by atoms with E-state index in [1.165, 1.54) is 5.57 Å². The number of allylic oxidation sites excluding steroid dienone is 4. The van der Waals surface area contributed by atoms with E-state index in [9.17, 15) is 0 Å². The Labute approximate surface area is 137 Å². The van der Waals surface area contributed by atoms with Gasteiger partial charge in [0.15, 0.2) is 0 Å². The number of hydrogen-bond donors (Lipinski definition) is 0. The standard InChI is InChI=1S/C19H23ClN2/c1-4-9-22-16-7-6-15-13-5-8-18(20)21-11-19(15,3)12(2)17(22)10-14(13)16/h4-5,8,11-12,17-18H,1,6-7,9-10H2,2-3H3/b8-5-,21-11-. The van der Waals surface area contributed by atoms with Gasteiger partial charge in [-0.3, -0.25) is 4.99 Å². The van der Waals surface area contributed by atoms with Crippen molar-refractivity contribution in [1.29, 1.82) is 0 Å². The summed E-state index contributed by atoms with van der Waals surface area (Å²) in [5.41, 5.74) is 5.88. The minimum atomic E-state index is -0.243. The molecule has 0 saturated heterocycles. The second-order valence-corrected chi connectivity index (χ2v) is 7.56. The zero-order valence-electron chi connectivity index (χ0n) is 13.3. The molecular weight excluding hydrogens is 292 g/mol. The smallest absolute Gasteiger partial charge is 0.141 e. The Morgan fingerprint density at radius 1 is 1.50 bits per heavy atom. The number of aliphatic imine (C=N–C) groups is 1. The van der Waals surface area contributed by atoms with Crippen LogP contribution < -0.4 is 0 Å². The summed E-state index contributed by atoms with van der Waals surface area (Å²) in [4.78, 5) is 7.20. The number of hydrogen-bond acceptors (Lipinski definition) is 2. The quantitative estimate of drug-likeness (QED) is 0.417. The van der Waals surface area contributed by atoms with Crippen LogP contribution in [0.4, 0.5) is 0 Å². The highest BCUT2D eigenvalue weighted by Gasteiger charge is 2.50. The summed E-state index contributed by atoms with van der Waals surface area (Å²) in [6, 6.07) is 0.549. The SMILES string of the molecule is C=CCN1C2=C3CC1C(C)C1(C)/C=N\C(Cl)/C=C\C3=C1CC2. The first-order valence-corrected chi connectivity index (χ1v) is 8.70. The normalized spacial score (nSPS) is 42.1. The fourth-order valence-electron chi connectivity index (χ4n) is 4.84. The molecule has 0 saturated carbocycles. The minimum absolute atomic E-state index is 0.00498. The molecule has 0 aromatic heterocycles. The third-order valence-electron chi connectivity index (χ3n) is 6.18. The molecule has 4 unspecified atom stereocenters. The molecule has 22 heavy (non-hydrogen) atoms. The molecule has 2 heterocycles. The maximum Gasteiger partial charge on any atom is 0.141 e. The van der Waals surface area contributed by atoms with Crippen molar-refractivity contribution in [3.63, 3.8) is 0 Å². The molecule has 0 aromatic carbocycles. The summed E-state index contributed by atoms with van der Waals surface area (Å²) in [5.74, 6) is 0.520. The first kappa shape index (κ1) is 14.3. The van der Waals surface area contributed by atoms with Crippen LogP contribution in [0.15, 0.2) is 52.2 Å². The Balaban J connectivity index is 1.97. The highest BCUT2D eigenvalue weighted by atomic mass is 35.5. The molecule has 0 spiro atoms. The van der Waals surface area contributed by atoms with Gasteiger partial charge in [-0.15, -0.1) is 6.58 Å².